The van der Waals surface area contributed by atoms with Gasteiger partial charge in [-0.2, -0.15) is 0 Å². The van der Waals surface area contributed by atoms with E-state index in [0.29, 0.717) is 5.92 Å². The molecule has 0 saturated carbocycles. The number of benzene rings is 1. The van der Waals surface area contributed by atoms with Crippen molar-refractivity contribution in [3.63, 3.8) is 0 Å². The lowest BCUT2D eigenvalue weighted by Gasteiger charge is -2.31. The van der Waals surface area contributed by atoms with E-state index in [9.17, 15) is 0 Å². The molecule has 1 aliphatic rings. The third-order valence-electron chi connectivity index (χ3n) is 4.69. The quantitative estimate of drug-likeness (QED) is 0.741. The van der Waals surface area contributed by atoms with Crippen molar-refractivity contribution in [2.24, 2.45) is 0 Å². The minimum absolute atomic E-state index is 0.470. The average Bonchev–Trinajstić information content (AvgIpc) is 3.14. The van der Waals surface area contributed by atoms with Crippen LogP contribution in [0.5, 0.6) is 0 Å². The minimum Gasteiger partial charge on any atom is -0.299 e. The predicted molar refractivity (Wildman–Crippen MR) is 92.8 cm³/mol. The Kier molecular flexibility index (Phi) is 4.34. The second-order valence-corrected chi connectivity index (χ2v) is 6.31. The number of hydrogen-bond acceptors (Lipinski definition) is 4. The Labute approximate surface area is 142 Å². The van der Waals surface area contributed by atoms with Gasteiger partial charge in [0, 0.05) is 30.5 Å². The van der Waals surface area contributed by atoms with Crippen LogP contribution in [0, 0.1) is 0 Å². The fraction of sp³-hybridized carbons (Fsp3) is 0.316. The van der Waals surface area contributed by atoms with E-state index in [2.05, 4.69) is 55.0 Å². The van der Waals surface area contributed by atoms with Crippen LogP contribution in [0.15, 0.2) is 61.2 Å². The molecule has 1 aliphatic heterocycles. The van der Waals surface area contributed by atoms with Gasteiger partial charge in [0.15, 0.2) is 0 Å². The fourth-order valence-corrected chi connectivity index (χ4v) is 3.41. The van der Waals surface area contributed by atoms with Crippen LogP contribution in [-0.2, 0) is 6.54 Å². The minimum atomic E-state index is 0.470. The summed E-state index contributed by atoms with van der Waals surface area (Å²) in [5.41, 5.74) is 2.42. The third kappa shape index (κ3) is 3.21. The Bertz CT molecular complexity index is 761. The number of nitrogens with zero attached hydrogens (tertiary/aromatic N) is 5. The maximum Gasteiger partial charge on any atom is 0.140 e. The summed E-state index contributed by atoms with van der Waals surface area (Å²) in [4.78, 5) is 6.70. The summed E-state index contributed by atoms with van der Waals surface area (Å²) >= 11 is 0. The van der Waals surface area contributed by atoms with Crippen molar-refractivity contribution in [1.82, 2.24) is 24.6 Å². The van der Waals surface area contributed by atoms with Crippen molar-refractivity contribution in [2.45, 2.75) is 25.3 Å². The SMILES string of the molecule is c1ccc(-n2cnnc2C2CCN(Cc3cccnc3)CC2)cc1. The van der Waals surface area contributed by atoms with Gasteiger partial charge >= 0.3 is 0 Å². The number of rotatable bonds is 4. The molecule has 5 heteroatoms. The lowest BCUT2D eigenvalue weighted by molar-refractivity contribution is 0.201. The van der Waals surface area contributed by atoms with E-state index in [1.54, 1.807) is 0 Å². The van der Waals surface area contributed by atoms with Gasteiger partial charge < -0.3 is 0 Å². The summed E-state index contributed by atoms with van der Waals surface area (Å²) in [5, 5.41) is 8.56. The molecule has 4 rings (SSSR count). The van der Waals surface area contributed by atoms with Crippen LogP contribution in [0.1, 0.15) is 30.1 Å². The predicted octanol–water partition coefficient (Wildman–Crippen LogP) is 3.04. The van der Waals surface area contributed by atoms with Gasteiger partial charge in [-0.05, 0) is 49.7 Å². The molecular formula is C19H21N5. The summed E-state index contributed by atoms with van der Waals surface area (Å²) in [6.07, 6.45) is 7.84. The normalized spacial score (nSPS) is 16.3. The summed E-state index contributed by atoms with van der Waals surface area (Å²) in [7, 11) is 0. The molecule has 0 aliphatic carbocycles. The maximum atomic E-state index is 4.41. The lowest BCUT2D eigenvalue weighted by atomic mass is 9.95. The molecule has 0 radical (unpaired) electrons. The lowest BCUT2D eigenvalue weighted by Crippen LogP contribution is -2.33. The van der Waals surface area contributed by atoms with E-state index in [0.717, 1.165) is 44.0 Å². The molecule has 3 aromatic rings. The number of piperidine rings is 1. The zero-order chi connectivity index (χ0) is 16.2. The highest BCUT2D eigenvalue weighted by Crippen LogP contribution is 2.28. The number of likely N-dealkylation sites (tertiary alicyclic amines) is 1. The molecule has 0 spiro atoms. The van der Waals surface area contributed by atoms with E-state index < -0.39 is 0 Å². The highest BCUT2D eigenvalue weighted by atomic mass is 15.3. The largest absolute Gasteiger partial charge is 0.299 e. The third-order valence-corrected chi connectivity index (χ3v) is 4.69. The van der Waals surface area contributed by atoms with Crippen LogP contribution in [0.25, 0.3) is 5.69 Å². The highest BCUT2D eigenvalue weighted by molar-refractivity contribution is 5.32. The summed E-state index contributed by atoms with van der Waals surface area (Å²) in [5.74, 6) is 1.56. The average molecular weight is 319 g/mol. The molecule has 0 bridgehead atoms. The monoisotopic (exact) mass is 319 g/mol. The smallest absolute Gasteiger partial charge is 0.140 e. The number of pyridine rings is 1. The molecule has 0 atom stereocenters. The van der Waals surface area contributed by atoms with Crippen LogP contribution >= 0.6 is 0 Å². The van der Waals surface area contributed by atoms with E-state index in [-0.39, 0.29) is 0 Å². The molecule has 1 aromatic carbocycles. The Hall–Kier alpha value is -2.53. The molecule has 24 heavy (non-hydrogen) atoms. The Morgan fingerprint density at radius 2 is 1.83 bits per heavy atom. The summed E-state index contributed by atoms with van der Waals surface area (Å²) in [6, 6.07) is 14.5. The molecule has 5 nitrogen and oxygen atoms in total. The molecule has 0 unspecified atom stereocenters. The van der Waals surface area contributed by atoms with Gasteiger partial charge in [0.05, 0.1) is 0 Å². The van der Waals surface area contributed by atoms with Crippen molar-refractivity contribution in [2.75, 3.05) is 13.1 Å². The van der Waals surface area contributed by atoms with Crippen molar-refractivity contribution < 1.29 is 0 Å². The van der Waals surface area contributed by atoms with E-state index in [1.165, 1.54) is 5.56 Å². The first-order valence-corrected chi connectivity index (χ1v) is 8.47. The van der Waals surface area contributed by atoms with Gasteiger partial charge in [0.2, 0.25) is 0 Å². The van der Waals surface area contributed by atoms with Gasteiger partial charge in [0.1, 0.15) is 12.2 Å². The second-order valence-electron chi connectivity index (χ2n) is 6.31. The molecule has 2 aromatic heterocycles. The van der Waals surface area contributed by atoms with Crippen molar-refractivity contribution in [3.05, 3.63) is 72.6 Å². The van der Waals surface area contributed by atoms with Crippen LogP contribution in [-0.4, -0.2) is 37.7 Å². The molecule has 122 valence electrons. The van der Waals surface area contributed by atoms with E-state index >= 15 is 0 Å². The molecule has 1 fully saturated rings. The second kappa shape index (κ2) is 6.93. The molecular weight excluding hydrogens is 298 g/mol. The van der Waals surface area contributed by atoms with Crippen molar-refractivity contribution >= 4 is 0 Å². The van der Waals surface area contributed by atoms with Crippen molar-refractivity contribution in [3.8, 4) is 5.69 Å². The standard InChI is InChI=1S/C19H21N5/c1-2-6-18(7-3-1)24-15-21-22-19(24)17-8-11-23(12-9-17)14-16-5-4-10-20-13-16/h1-7,10,13,15,17H,8-9,11-12,14H2. The summed E-state index contributed by atoms with van der Waals surface area (Å²) < 4.78 is 2.13. The number of hydrogen-bond donors (Lipinski definition) is 0. The number of aromatic nitrogens is 4. The van der Waals surface area contributed by atoms with Gasteiger partial charge in [-0.1, -0.05) is 24.3 Å². The Morgan fingerprint density at radius 1 is 1.00 bits per heavy atom. The first-order valence-electron chi connectivity index (χ1n) is 8.47. The zero-order valence-corrected chi connectivity index (χ0v) is 13.6. The van der Waals surface area contributed by atoms with Gasteiger partial charge in [0.25, 0.3) is 0 Å². The van der Waals surface area contributed by atoms with Crippen LogP contribution in [0.2, 0.25) is 0 Å². The molecule has 0 N–H and O–H groups in total. The van der Waals surface area contributed by atoms with Gasteiger partial charge in [-0.15, -0.1) is 10.2 Å². The topological polar surface area (TPSA) is 46.8 Å². The molecule has 0 amide bonds. The zero-order valence-electron chi connectivity index (χ0n) is 13.6. The van der Waals surface area contributed by atoms with Gasteiger partial charge in [-0.3, -0.25) is 14.5 Å². The van der Waals surface area contributed by atoms with E-state index in [4.69, 9.17) is 0 Å². The fourth-order valence-electron chi connectivity index (χ4n) is 3.41. The maximum absolute atomic E-state index is 4.41. The van der Waals surface area contributed by atoms with Crippen LogP contribution in [0.3, 0.4) is 0 Å². The highest BCUT2D eigenvalue weighted by Gasteiger charge is 2.24. The van der Waals surface area contributed by atoms with Crippen LogP contribution < -0.4 is 0 Å². The Morgan fingerprint density at radius 3 is 2.58 bits per heavy atom. The van der Waals surface area contributed by atoms with Crippen molar-refractivity contribution in [1.29, 1.82) is 0 Å². The van der Waals surface area contributed by atoms with Gasteiger partial charge in [-0.25, -0.2) is 0 Å². The molecule has 1 saturated heterocycles. The molecule has 3 heterocycles. The first kappa shape index (κ1) is 15.0. The summed E-state index contributed by atoms with van der Waals surface area (Å²) in [6.45, 7) is 3.15. The van der Waals surface area contributed by atoms with E-state index in [1.807, 2.05) is 30.9 Å². The first-order chi connectivity index (χ1) is 11.9. The Balaban J connectivity index is 1.43. The van der Waals surface area contributed by atoms with Crippen LogP contribution in [0.4, 0.5) is 0 Å². The number of para-hydroxylation sites is 1.